The molecule has 3 aromatic heterocycles. The first-order valence-electron chi connectivity index (χ1n) is 22.1. The zero-order chi connectivity index (χ0) is 50.8. The van der Waals surface area contributed by atoms with Gasteiger partial charge in [-0.2, -0.15) is 25.3 Å². The smallest absolute Gasteiger partial charge is 0.294 e. The summed E-state index contributed by atoms with van der Waals surface area (Å²) >= 11 is 0. The maximum absolute atomic E-state index is 13.2. The Hall–Kier alpha value is -7.44. The Labute approximate surface area is 413 Å². The van der Waals surface area contributed by atoms with Crippen LogP contribution in [0.1, 0.15) is 33.1 Å². The molecule has 0 atom stereocenters. The SMILES string of the molecule is NCCOCCOCCNC(=O)c1ccc(-c2c3nc(c(-c4ccc(S(=O)(=O)O)cc4)c4ccc([nH]4)c(-c4ccc(S(=O)(=O)O)cc4)c4nc(c(-c5ccc(S(=O)(=O)O)cc5)c5ccc2[nH]5)C=C4)C=C3)cc1. The summed E-state index contributed by atoms with van der Waals surface area (Å²) in [4.78, 5) is 29.6. The van der Waals surface area contributed by atoms with Gasteiger partial charge in [0.05, 0.1) is 63.9 Å². The number of nitrogens with two attached hydrogens (primary N) is 1. The first-order chi connectivity index (χ1) is 34.5. The molecule has 4 aromatic carbocycles. The number of nitrogens with zero attached hydrogens (tertiary/aromatic N) is 2. The van der Waals surface area contributed by atoms with E-state index in [2.05, 4.69) is 15.3 Å². The number of H-pyrrole nitrogens is 2. The van der Waals surface area contributed by atoms with E-state index in [0.29, 0.717) is 121 Å². The molecule has 0 saturated heterocycles. The minimum Gasteiger partial charge on any atom is -0.378 e. The van der Waals surface area contributed by atoms with E-state index in [-0.39, 0.29) is 33.7 Å². The largest absolute Gasteiger partial charge is 0.378 e. The van der Waals surface area contributed by atoms with Crippen molar-refractivity contribution in [1.82, 2.24) is 25.3 Å². The number of carbonyl (C=O) groups is 1. The fourth-order valence-corrected chi connectivity index (χ4v) is 9.77. The van der Waals surface area contributed by atoms with Crippen LogP contribution in [0.3, 0.4) is 0 Å². The fourth-order valence-electron chi connectivity index (χ4n) is 8.33. The van der Waals surface area contributed by atoms with Crippen LogP contribution in [0.4, 0.5) is 0 Å². The zero-order valence-corrected chi connectivity index (χ0v) is 40.3. The topological polar surface area (TPSA) is 294 Å². The molecule has 0 radical (unpaired) electrons. The van der Waals surface area contributed by atoms with Gasteiger partial charge >= 0.3 is 0 Å². The summed E-state index contributed by atoms with van der Waals surface area (Å²) in [7, 11) is -13.6. The van der Waals surface area contributed by atoms with E-state index in [4.69, 9.17) is 25.2 Å². The van der Waals surface area contributed by atoms with E-state index in [1.165, 1.54) is 48.5 Å². The average Bonchev–Trinajstić information content (AvgIpc) is 4.21. The van der Waals surface area contributed by atoms with Gasteiger partial charge < -0.3 is 30.5 Å². The highest BCUT2D eigenvalue weighted by atomic mass is 32.2. The van der Waals surface area contributed by atoms with E-state index in [1.807, 2.05) is 18.2 Å². The Balaban J connectivity index is 1.28. The molecule has 8 N–H and O–H groups in total. The van der Waals surface area contributed by atoms with Crippen molar-refractivity contribution < 1.29 is 53.2 Å². The van der Waals surface area contributed by atoms with Gasteiger partial charge in [-0.1, -0.05) is 48.5 Å². The number of hydrogen-bond donors (Lipinski definition) is 7. The van der Waals surface area contributed by atoms with Crippen molar-refractivity contribution in [3.05, 3.63) is 150 Å². The second-order valence-corrected chi connectivity index (χ2v) is 20.6. The molecule has 0 unspecified atom stereocenters. The maximum Gasteiger partial charge on any atom is 0.294 e. The summed E-state index contributed by atoms with van der Waals surface area (Å²) in [5.74, 6) is -0.315. The summed E-state index contributed by atoms with van der Waals surface area (Å²) in [5, 5.41) is 2.86. The molecule has 2 aliphatic rings. The van der Waals surface area contributed by atoms with Crippen LogP contribution in [0.5, 0.6) is 0 Å². The van der Waals surface area contributed by atoms with Crippen LogP contribution < -0.4 is 11.1 Å². The molecule has 0 fully saturated rings. The van der Waals surface area contributed by atoms with Crippen molar-refractivity contribution in [2.24, 2.45) is 5.73 Å². The van der Waals surface area contributed by atoms with Crippen LogP contribution in [0.2, 0.25) is 0 Å². The number of carbonyl (C=O) groups excluding carboxylic acids is 1. The first-order valence-corrected chi connectivity index (χ1v) is 26.4. The van der Waals surface area contributed by atoms with Crippen molar-refractivity contribution in [1.29, 1.82) is 0 Å². The quantitative estimate of drug-likeness (QED) is 0.0359. The van der Waals surface area contributed by atoms with E-state index in [1.54, 1.807) is 78.9 Å². The first kappa shape index (κ1) is 49.5. The van der Waals surface area contributed by atoms with E-state index < -0.39 is 30.4 Å². The molecular weight excluding hydrogens is 985 g/mol. The fraction of sp³-hybridized carbons (Fsp3) is 0.118. The molecule has 8 bridgehead atoms. The summed E-state index contributed by atoms with van der Waals surface area (Å²) in [6, 6.07) is 31.1. The Morgan fingerprint density at radius 3 is 1.07 bits per heavy atom. The predicted octanol–water partition coefficient (Wildman–Crippen LogP) is 7.79. The lowest BCUT2D eigenvalue weighted by Crippen LogP contribution is -2.27. The average molecular weight is 1030 g/mol. The Morgan fingerprint density at radius 1 is 0.458 bits per heavy atom. The number of rotatable bonds is 16. The minimum atomic E-state index is -4.54. The van der Waals surface area contributed by atoms with Gasteiger partial charge in [0, 0.05) is 63.0 Å². The van der Waals surface area contributed by atoms with Crippen molar-refractivity contribution in [2.75, 3.05) is 39.5 Å². The molecule has 0 aliphatic carbocycles. The van der Waals surface area contributed by atoms with Gasteiger partial charge in [0.25, 0.3) is 36.3 Å². The van der Waals surface area contributed by atoms with E-state index >= 15 is 0 Å². The molecule has 2 aliphatic heterocycles. The standard InChI is InChI=1S/C51H44N6O12S3/c52-25-27-68-29-30-69-28-26-53-51(58)35-3-1-31(2-4-35)47-39-17-19-41(54-39)48(32-5-11-36(12-6-32)70(59,60)61)43-21-23-45(56-43)50(34-9-15-38(16-10-34)72(65,66)67)46-24-22-44(57-46)49(42-20-18-40(47)55-42)33-7-13-37(14-8-33)71(62,63)64/h1-24,54,57H,25-30,52H2,(H,53,58)(H,59,60,61)(H,62,63,64)(H,65,66,67). The molecule has 5 heterocycles. The molecule has 18 nitrogen and oxygen atoms in total. The Morgan fingerprint density at radius 2 is 0.764 bits per heavy atom. The normalized spacial score (nSPS) is 12.6. The highest BCUT2D eigenvalue weighted by molar-refractivity contribution is 7.86. The van der Waals surface area contributed by atoms with Crippen LogP contribution in [-0.4, -0.2) is 104 Å². The molecule has 21 heteroatoms. The van der Waals surface area contributed by atoms with Crippen molar-refractivity contribution in [3.63, 3.8) is 0 Å². The molecule has 368 valence electrons. The Kier molecular flexibility index (Phi) is 14.0. The molecule has 0 saturated carbocycles. The molecule has 7 aromatic rings. The van der Waals surface area contributed by atoms with Gasteiger partial charge in [-0.3, -0.25) is 18.5 Å². The van der Waals surface area contributed by atoms with Gasteiger partial charge in [-0.05, 0) is 119 Å². The summed E-state index contributed by atoms with van der Waals surface area (Å²) in [6.07, 6.45) is 7.16. The zero-order valence-electron chi connectivity index (χ0n) is 37.8. The van der Waals surface area contributed by atoms with Crippen LogP contribution >= 0.6 is 0 Å². The second-order valence-electron chi connectivity index (χ2n) is 16.3. The highest BCUT2D eigenvalue weighted by Gasteiger charge is 2.21. The van der Waals surface area contributed by atoms with Gasteiger partial charge in [0.2, 0.25) is 0 Å². The maximum atomic E-state index is 13.2. The van der Waals surface area contributed by atoms with Gasteiger partial charge in [-0.25, -0.2) is 9.97 Å². The molecule has 72 heavy (non-hydrogen) atoms. The van der Waals surface area contributed by atoms with Gasteiger partial charge in [0.1, 0.15) is 0 Å². The summed E-state index contributed by atoms with van der Waals surface area (Å²) in [6.45, 7) is 2.13. The Bertz CT molecular complexity index is 3740. The summed E-state index contributed by atoms with van der Waals surface area (Å²) < 4.78 is 113. The van der Waals surface area contributed by atoms with Crippen LogP contribution in [-0.2, 0) is 39.8 Å². The number of aromatic nitrogens is 4. The number of fused-ring (bicyclic) bond motifs is 8. The highest BCUT2D eigenvalue weighted by Crippen LogP contribution is 2.39. The van der Waals surface area contributed by atoms with Crippen molar-refractivity contribution in [3.8, 4) is 44.5 Å². The van der Waals surface area contributed by atoms with Crippen LogP contribution in [0.25, 0.3) is 90.9 Å². The predicted molar refractivity (Wildman–Crippen MR) is 273 cm³/mol. The monoisotopic (exact) mass is 1030 g/mol. The number of amides is 1. The van der Waals surface area contributed by atoms with Crippen molar-refractivity contribution >= 4 is 82.6 Å². The van der Waals surface area contributed by atoms with E-state index in [9.17, 15) is 43.7 Å². The number of aromatic amines is 2. The molecular formula is C51H44N6O12S3. The third-order valence-corrected chi connectivity index (χ3v) is 14.3. The van der Waals surface area contributed by atoms with Gasteiger partial charge in [-0.15, -0.1) is 0 Å². The van der Waals surface area contributed by atoms with Crippen LogP contribution in [0, 0.1) is 0 Å². The lowest BCUT2D eigenvalue weighted by molar-refractivity contribution is 0.0511. The molecule has 1 amide bonds. The number of ether oxygens (including phenoxy) is 2. The second kappa shape index (κ2) is 20.4. The minimum absolute atomic E-state index is 0.264. The number of benzene rings is 4. The lowest BCUT2D eigenvalue weighted by atomic mass is 10.0. The third-order valence-electron chi connectivity index (χ3n) is 11.7. The lowest BCUT2D eigenvalue weighted by Gasteiger charge is -2.09. The summed E-state index contributed by atoms with van der Waals surface area (Å²) in [5.41, 5.74) is 14.2. The van der Waals surface area contributed by atoms with Crippen molar-refractivity contribution in [2.45, 2.75) is 14.7 Å². The van der Waals surface area contributed by atoms with Crippen LogP contribution in [0.15, 0.2) is 136 Å². The molecule has 9 rings (SSSR count). The third kappa shape index (κ3) is 10.7. The number of hydrogen-bond acceptors (Lipinski definition) is 12. The van der Waals surface area contributed by atoms with E-state index in [0.717, 1.165) is 0 Å². The van der Waals surface area contributed by atoms with Gasteiger partial charge in [0.15, 0.2) is 0 Å². The number of nitrogens with one attached hydrogen (secondary N) is 3. The molecule has 0 spiro atoms.